The lowest BCUT2D eigenvalue weighted by Gasteiger charge is -2.03. The van der Waals surface area contributed by atoms with E-state index in [4.69, 9.17) is 10.00 Å². The van der Waals surface area contributed by atoms with Crippen LogP contribution in [0.4, 0.5) is 0 Å². The number of rotatable bonds is 10. The molecule has 0 radical (unpaired) electrons. The first-order valence-corrected chi connectivity index (χ1v) is 7.07. The quantitative estimate of drug-likeness (QED) is 0.437. The van der Waals surface area contributed by atoms with Gasteiger partial charge < -0.3 is 4.74 Å². The zero-order valence-corrected chi connectivity index (χ0v) is 10.9. The Morgan fingerprint density at radius 3 is 2.81 bits per heavy atom. The summed E-state index contributed by atoms with van der Waals surface area (Å²) >= 11 is 1.54. The van der Waals surface area contributed by atoms with Gasteiger partial charge >= 0.3 is 5.97 Å². The third kappa shape index (κ3) is 11.4. The van der Waals surface area contributed by atoms with E-state index in [1.165, 1.54) is 12.8 Å². The molecule has 0 fully saturated rings. The maximum Gasteiger partial charge on any atom is 0.315 e. The van der Waals surface area contributed by atoms with Crippen LogP contribution in [0.2, 0.25) is 0 Å². The number of carbonyl (C=O) groups is 1. The molecule has 0 aliphatic carbocycles. The average Bonchev–Trinajstić information content (AvgIpc) is 2.28. The Morgan fingerprint density at radius 1 is 1.31 bits per heavy atom. The van der Waals surface area contributed by atoms with E-state index >= 15 is 0 Å². The van der Waals surface area contributed by atoms with E-state index < -0.39 is 0 Å². The van der Waals surface area contributed by atoms with Crippen LogP contribution in [0.5, 0.6) is 0 Å². The second-order valence-corrected chi connectivity index (χ2v) is 4.70. The lowest BCUT2D eigenvalue weighted by Crippen LogP contribution is -2.08. The first-order chi connectivity index (χ1) is 7.81. The second-order valence-electron chi connectivity index (χ2n) is 3.60. The summed E-state index contributed by atoms with van der Waals surface area (Å²) in [6.07, 6.45) is 5.94. The van der Waals surface area contributed by atoms with Gasteiger partial charge in [-0.1, -0.05) is 26.2 Å². The van der Waals surface area contributed by atoms with Crippen LogP contribution in [0.1, 0.15) is 45.4 Å². The maximum atomic E-state index is 11.2. The van der Waals surface area contributed by atoms with E-state index in [1.807, 2.05) is 0 Å². The van der Waals surface area contributed by atoms with Crippen molar-refractivity contribution in [3.05, 3.63) is 0 Å². The number of nitriles is 1. The first kappa shape index (κ1) is 15.3. The number of carbonyl (C=O) groups excluding carboxylic acids is 1. The number of esters is 1. The van der Waals surface area contributed by atoms with Gasteiger partial charge in [0.05, 0.1) is 18.4 Å². The van der Waals surface area contributed by atoms with E-state index in [0.717, 1.165) is 25.0 Å². The fourth-order valence-corrected chi connectivity index (χ4v) is 1.91. The summed E-state index contributed by atoms with van der Waals surface area (Å²) in [6, 6.07) is 2.08. The highest BCUT2D eigenvalue weighted by Crippen LogP contribution is 2.05. The third-order valence-corrected chi connectivity index (χ3v) is 3.08. The number of ether oxygens (including phenoxy) is 1. The molecule has 0 aromatic heterocycles. The van der Waals surface area contributed by atoms with Crippen LogP contribution in [-0.2, 0) is 9.53 Å². The van der Waals surface area contributed by atoms with E-state index in [9.17, 15) is 4.79 Å². The molecule has 0 aromatic carbocycles. The van der Waals surface area contributed by atoms with E-state index in [0.29, 0.717) is 18.8 Å². The summed E-state index contributed by atoms with van der Waals surface area (Å²) < 4.78 is 5.07. The zero-order valence-electron chi connectivity index (χ0n) is 10.0. The van der Waals surface area contributed by atoms with Crippen LogP contribution in [-0.4, -0.2) is 24.1 Å². The normalized spacial score (nSPS) is 9.75. The van der Waals surface area contributed by atoms with Crippen molar-refractivity contribution in [3.8, 4) is 6.07 Å². The van der Waals surface area contributed by atoms with Gasteiger partial charge in [0, 0.05) is 6.42 Å². The Labute approximate surface area is 103 Å². The molecule has 0 unspecified atom stereocenters. The summed E-state index contributed by atoms with van der Waals surface area (Å²) in [5, 5.41) is 8.31. The van der Waals surface area contributed by atoms with E-state index in [-0.39, 0.29) is 5.97 Å². The Hall–Kier alpha value is -0.690. The Morgan fingerprint density at radius 2 is 2.12 bits per heavy atom. The average molecular weight is 243 g/mol. The van der Waals surface area contributed by atoms with Gasteiger partial charge in [0.1, 0.15) is 0 Å². The lowest BCUT2D eigenvalue weighted by molar-refractivity contribution is -0.140. The summed E-state index contributed by atoms with van der Waals surface area (Å²) in [5.74, 6) is 1.15. The molecule has 3 nitrogen and oxygen atoms in total. The minimum atomic E-state index is -0.126. The van der Waals surface area contributed by atoms with Crippen molar-refractivity contribution < 1.29 is 9.53 Å². The van der Waals surface area contributed by atoms with Crippen LogP contribution < -0.4 is 0 Å². The molecule has 0 heterocycles. The minimum Gasteiger partial charge on any atom is -0.465 e. The molecule has 0 saturated carbocycles. The molecule has 0 aromatic rings. The van der Waals surface area contributed by atoms with E-state index in [2.05, 4.69) is 13.0 Å². The zero-order chi connectivity index (χ0) is 12.1. The van der Waals surface area contributed by atoms with Gasteiger partial charge in [0.15, 0.2) is 0 Å². The molecule has 0 saturated heterocycles. The number of hydrogen-bond acceptors (Lipinski definition) is 4. The van der Waals surface area contributed by atoms with Gasteiger partial charge in [-0.05, 0) is 18.6 Å². The molecule has 0 atom stereocenters. The molecular weight excluding hydrogens is 222 g/mol. The Kier molecular flexibility index (Phi) is 11.8. The van der Waals surface area contributed by atoms with Crippen LogP contribution in [0.25, 0.3) is 0 Å². The predicted octanol–water partition coefficient (Wildman–Crippen LogP) is 3.15. The van der Waals surface area contributed by atoms with Gasteiger partial charge in [-0.3, -0.25) is 4.79 Å². The van der Waals surface area contributed by atoms with Gasteiger partial charge in [0.2, 0.25) is 0 Å². The Balaban J connectivity index is 3.16. The predicted molar refractivity (Wildman–Crippen MR) is 67.3 cm³/mol. The van der Waals surface area contributed by atoms with Crippen molar-refractivity contribution in [3.63, 3.8) is 0 Å². The van der Waals surface area contributed by atoms with Gasteiger partial charge in [0.25, 0.3) is 0 Å². The minimum absolute atomic E-state index is 0.126. The standard InChI is InChI=1S/C12H21NO2S/c1-2-3-4-6-9-15-12(14)11-16-10-7-5-8-13/h2-7,9-11H2,1H3. The topological polar surface area (TPSA) is 50.1 Å². The van der Waals surface area contributed by atoms with Crippen molar-refractivity contribution in [2.75, 3.05) is 18.1 Å². The first-order valence-electron chi connectivity index (χ1n) is 5.91. The van der Waals surface area contributed by atoms with Crippen molar-refractivity contribution >= 4 is 17.7 Å². The maximum absolute atomic E-state index is 11.2. The fraction of sp³-hybridized carbons (Fsp3) is 0.833. The summed E-state index contributed by atoms with van der Waals surface area (Å²) in [7, 11) is 0. The Bertz CT molecular complexity index is 214. The molecular formula is C12H21NO2S. The summed E-state index contributed by atoms with van der Waals surface area (Å²) in [6.45, 7) is 2.71. The van der Waals surface area contributed by atoms with Crippen molar-refractivity contribution in [1.29, 1.82) is 5.26 Å². The number of unbranched alkanes of at least 4 members (excludes halogenated alkanes) is 4. The van der Waals surface area contributed by atoms with E-state index in [1.54, 1.807) is 11.8 Å². The molecule has 92 valence electrons. The van der Waals surface area contributed by atoms with Crippen LogP contribution >= 0.6 is 11.8 Å². The summed E-state index contributed by atoms with van der Waals surface area (Å²) in [5.41, 5.74) is 0. The smallest absolute Gasteiger partial charge is 0.315 e. The molecule has 0 aliphatic rings. The molecule has 0 rings (SSSR count). The SMILES string of the molecule is CCCCCCOC(=O)CSCCCC#N. The van der Waals surface area contributed by atoms with Crippen LogP contribution in [0.3, 0.4) is 0 Å². The third-order valence-electron chi connectivity index (χ3n) is 2.06. The molecule has 0 aliphatic heterocycles. The van der Waals surface area contributed by atoms with Crippen LogP contribution in [0.15, 0.2) is 0 Å². The highest BCUT2D eigenvalue weighted by molar-refractivity contribution is 7.99. The molecule has 0 amide bonds. The molecule has 0 bridgehead atoms. The summed E-state index contributed by atoms with van der Waals surface area (Å²) in [4.78, 5) is 11.2. The highest BCUT2D eigenvalue weighted by atomic mass is 32.2. The fourth-order valence-electron chi connectivity index (χ4n) is 1.17. The van der Waals surface area contributed by atoms with Gasteiger partial charge in [-0.15, -0.1) is 0 Å². The number of nitrogens with zero attached hydrogens (tertiary/aromatic N) is 1. The molecule has 0 N–H and O–H groups in total. The monoisotopic (exact) mass is 243 g/mol. The van der Waals surface area contributed by atoms with Crippen molar-refractivity contribution in [2.45, 2.75) is 45.4 Å². The largest absolute Gasteiger partial charge is 0.465 e. The van der Waals surface area contributed by atoms with Gasteiger partial charge in [-0.2, -0.15) is 17.0 Å². The lowest BCUT2D eigenvalue weighted by atomic mass is 10.2. The number of hydrogen-bond donors (Lipinski definition) is 0. The van der Waals surface area contributed by atoms with Crippen LogP contribution in [0, 0.1) is 11.3 Å². The van der Waals surface area contributed by atoms with Crippen molar-refractivity contribution in [2.24, 2.45) is 0 Å². The highest BCUT2D eigenvalue weighted by Gasteiger charge is 2.02. The van der Waals surface area contributed by atoms with Crippen molar-refractivity contribution in [1.82, 2.24) is 0 Å². The molecule has 16 heavy (non-hydrogen) atoms. The number of thioether (sulfide) groups is 1. The molecule has 4 heteroatoms. The second kappa shape index (κ2) is 12.4. The van der Waals surface area contributed by atoms with Gasteiger partial charge in [-0.25, -0.2) is 0 Å². The molecule has 0 spiro atoms.